The number of benzene rings is 2. The number of carbonyl (C=O) groups excluding carboxylic acids is 3. The minimum absolute atomic E-state index is 0.0678. The molecule has 2 atom stereocenters. The molecule has 0 bridgehead atoms. The molecule has 11 heteroatoms. The summed E-state index contributed by atoms with van der Waals surface area (Å²) in [5.41, 5.74) is 13.1. The smallest absolute Gasteiger partial charge is 0.338 e. The fourth-order valence-electron chi connectivity index (χ4n) is 3.51. The Morgan fingerprint density at radius 2 is 1.91 bits per heavy atom. The van der Waals surface area contributed by atoms with Crippen LogP contribution >= 0.6 is 11.6 Å². The van der Waals surface area contributed by atoms with Crippen LogP contribution in [0.25, 0.3) is 0 Å². The Balaban J connectivity index is 0.00000114. The number of carboxylic acid groups (broad SMARTS) is 1. The Kier molecular flexibility index (Phi) is 8.96. The molecule has 32 heavy (non-hydrogen) atoms. The standard InChI is InChI=1S/C20H21ClFN5O2.CH2O2/c21-15-6-5-13(10-16(15)22)26-18(28)19(29)27-17-12(7-8-25-20(23)24)9-11-3-1-2-4-14(11)17;2-1-3/h1-6,10,12,17H,7-9H2,(H,26,28)(H,27,29)(H4,23,24,25);1H,(H,2,3)/t12-,17+;/m1./s1. The third-order valence-corrected chi connectivity index (χ3v) is 5.16. The Bertz CT molecular complexity index is 1010. The molecule has 0 spiro atoms. The van der Waals surface area contributed by atoms with Crippen LogP contribution in [0.5, 0.6) is 0 Å². The molecule has 9 nitrogen and oxygen atoms in total. The zero-order valence-electron chi connectivity index (χ0n) is 16.9. The number of rotatable bonds is 5. The van der Waals surface area contributed by atoms with Crippen LogP contribution in [0.2, 0.25) is 5.02 Å². The number of carbonyl (C=O) groups is 3. The normalized spacial score (nSPS) is 16.1. The first-order chi connectivity index (χ1) is 15.3. The fourth-order valence-corrected chi connectivity index (χ4v) is 3.63. The van der Waals surface area contributed by atoms with E-state index in [0.29, 0.717) is 13.0 Å². The summed E-state index contributed by atoms with van der Waals surface area (Å²) in [5, 5.41) is 13.4. The van der Waals surface area contributed by atoms with Crippen molar-refractivity contribution in [2.24, 2.45) is 17.4 Å². The van der Waals surface area contributed by atoms with Crippen LogP contribution in [0.15, 0.2) is 42.5 Å². The van der Waals surface area contributed by atoms with Gasteiger partial charge in [0.25, 0.3) is 0 Å². The summed E-state index contributed by atoms with van der Waals surface area (Å²) in [6.07, 6.45) is 1.46. The highest BCUT2D eigenvalue weighted by Crippen LogP contribution is 2.37. The maximum Gasteiger partial charge on any atom is 0.338 e. The number of hydrogen-bond acceptors (Lipinski definition) is 4. The van der Waals surface area contributed by atoms with E-state index < -0.39 is 24.1 Å². The van der Waals surface area contributed by atoms with E-state index in [-0.39, 0.29) is 28.6 Å². The zero-order valence-corrected chi connectivity index (χ0v) is 17.7. The topological polar surface area (TPSA) is 164 Å². The van der Waals surface area contributed by atoms with Crippen molar-refractivity contribution in [3.05, 3.63) is 64.4 Å². The van der Waals surface area contributed by atoms with Gasteiger partial charge in [-0.05, 0) is 48.1 Å². The molecule has 3 rings (SSSR count). The second kappa shape index (κ2) is 11.7. The molecule has 0 heterocycles. The molecule has 2 amide bonds. The predicted molar refractivity (Wildman–Crippen MR) is 114 cm³/mol. The molecule has 7 N–H and O–H groups in total. The minimum atomic E-state index is -0.882. The van der Waals surface area contributed by atoms with Gasteiger partial charge in [0.15, 0.2) is 0 Å². The van der Waals surface area contributed by atoms with E-state index in [1.54, 1.807) is 0 Å². The number of amides is 2. The maximum atomic E-state index is 13.5. The molecule has 0 saturated carbocycles. The molecule has 1 aliphatic rings. The van der Waals surface area contributed by atoms with Crippen molar-refractivity contribution in [3.8, 4) is 0 Å². The lowest BCUT2D eigenvalue weighted by atomic mass is 9.97. The quantitative estimate of drug-likeness (QED) is 0.158. The van der Waals surface area contributed by atoms with E-state index in [1.165, 1.54) is 12.1 Å². The number of halogens is 2. The average Bonchev–Trinajstić information content (AvgIpc) is 3.08. The van der Waals surface area contributed by atoms with E-state index in [0.717, 1.165) is 23.6 Å². The molecule has 0 radical (unpaired) electrons. The lowest BCUT2D eigenvalue weighted by Gasteiger charge is -2.21. The van der Waals surface area contributed by atoms with Gasteiger partial charge < -0.3 is 20.5 Å². The van der Waals surface area contributed by atoms with Gasteiger partial charge in [-0.25, -0.2) is 4.39 Å². The van der Waals surface area contributed by atoms with E-state index >= 15 is 0 Å². The molecule has 0 saturated heterocycles. The maximum absolute atomic E-state index is 13.5. The first-order valence-electron chi connectivity index (χ1n) is 9.58. The number of anilines is 1. The van der Waals surface area contributed by atoms with Gasteiger partial charge >= 0.3 is 17.8 Å². The average molecular weight is 464 g/mol. The number of guanidine groups is 1. The van der Waals surface area contributed by atoms with Gasteiger partial charge in [0.2, 0.25) is 0 Å². The molecular formula is C21H23ClFN5O4. The molecule has 0 unspecified atom stereocenters. The monoisotopic (exact) mass is 463 g/mol. The summed E-state index contributed by atoms with van der Waals surface area (Å²) in [6, 6.07) is 11.2. The van der Waals surface area contributed by atoms with Crippen molar-refractivity contribution in [2.45, 2.75) is 18.9 Å². The van der Waals surface area contributed by atoms with E-state index in [1.807, 2.05) is 24.3 Å². The number of hydrogen-bond donors (Lipinski definition) is 5. The molecule has 170 valence electrons. The van der Waals surface area contributed by atoms with Crippen molar-refractivity contribution in [1.82, 2.24) is 5.32 Å². The third kappa shape index (κ3) is 6.67. The van der Waals surface area contributed by atoms with E-state index in [9.17, 15) is 14.0 Å². The van der Waals surface area contributed by atoms with Gasteiger partial charge in [-0.15, -0.1) is 0 Å². The molecular weight excluding hydrogens is 441 g/mol. The van der Waals surface area contributed by atoms with E-state index in [4.69, 9.17) is 33.0 Å². The highest BCUT2D eigenvalue weighted by Gasteiger charge is 2.34. The van der Waals surface area contributed by atoms with Crippen LogP contribution < -0.4 is 32.2 Å². The highest BCUT2D eigenvalue weighted by molar-refractivity contribution is 6.39. The lowest BCUT2D eigenvalue weighted by Crippen LogP contribution is -2.78. The predicted octanol–water partition coefficient (Wildman–Crippen LogP) is -1.44. The zero-order chi connectivity index (χ0) is 23.7. The van der Waals surface area contributed by atoms with Crippen LogP contribution in [0, 0.1) is 11.7 Å². The minimum Gasteiger partial charge on any atom is -0.554 e. The van der Waals surface area contributed by atoms with Crippen molar-refractivity contribution >= 4 is 41.5 Å². The van der Waals surface area contributed by atoms with Crippen molar-refractivity contribution in [2.75, 3.05) is 11.9 Å². The van der Waals surface area contributed by atoms with Gasteiger partial charge in [-0.1, -0.05) is 35.9 Å². The van der Waals surface area contributed by atoms with Gasteiger partial charge in [0, 0.05) is 12.2 Å². The van der Waals surface area contributed by atoms with Crippen molar-refractivity contribution in [3.63, 3.8) is 0 Å². The Morgan fingerprint density at radius 1 is 1.22 bits per heavy atom. The summed E-state index contributed by atoms with van der Waals surface area (Å²) in [5.74, 6) is -2.16. The number of nitrogens with one attached hydrogen (secondary N) is 3. The molecule has 0 aromatic heterocycles. The Hall–Kier alpha value is -3.66. The van der Waals surface area contributed by atoms with Gasteiger partial charge in [-0.2, -0.15) is 0 Å². The molecule has 0 aliphatic heterocycles. The van der Waals surface area contributed by atoms with Crippen molar-refractivity contribution in [1.29, 1.82) is 0 Å². The van der Waals surface area contributed by atoms with Crippen LogP contribution in [-0.4, -0.2) is 30.8 Å². The summed E-state index contributed by atoms with van der Waals surface area (Å²) in [4.78, 5) is 35.9. The van der Waals surface area contributed by atoms with Crippen LogP contribution in [0.3, 0.4) is 0 Å². The van der Waals surface area contributed by atoms with Gasteiger partial charge in [0.05, 0.1) is 17.6 Å². The second-order valence-corrected chi connectivity index (χ2v) is 7.37. The lowest BCUT2D eigenvalue weighted by molar-refractivity contribution is -0.461. The van der Waals surface area contributed by atoms with Gasteiger partial charge in [0.1, 0.15) is 5.82 Å². The van der Waals surface area contributed by atoms with Crippen LogP contribution in [0.1, 0.15) is 23.6 Å². The summed E-state index contributed by atoms with van der Waals surface area (Å²) >= 11 is 5.63. The molecule has 2 aromatic rings. The first kappa shape index (κ1) is 24.6. The summed E-state index contributed by atoms with van der Waals surface area (Å²) in [7, 11) is 0. The summed E-state index contributed by atoms with van der Waals surface area (Å²) < 4.78 is 13.5. The second-order valence-electron chi connectivity index (χ2n) is 6.96. The Labute approximate surface area is 188 Å². The molecule has 1 aliphatic carbocycles. The van der Waals surface area contributed by atoms with Crippen molar-refractivity contribution < 1.29 is 28.9 Å². The van der Waals surface area contributed by atoms with E-state index in [2.05, 4.69) is 15.6 Å². The largest absolute Gasteiger partial charge is 0.554 e. The highest BCUT2D eigenvalue weighted by atomic mass is 35.5. The number of nitrogens with two attached hydrogens (primary N) is 2. The van der Waals surface area contributed by atoms with Crippen LogP contribution in [-0.2, 0) is 20.8 Å². The molecule has 0 fully saturated rings. The van der Waals surface area contributed by atoms with Crippen LogP contribution in [0.4, 0.5) is 10.1 Å². The first-order valence-corrected chi connectivity index (χ1v) is 9.96. The third-order valence-electron chi connectivity index (χ3n) is 4.86. The summed E-state index contributed by atoms with van der Waals surface area (Å²) in [6.45, 7) is 0.0452. The van der Waals surface area contributed by atoms with Gasteiger partial charge in [-0.3, -0.25) is 26.0 Å². The fraction of sp³-hybridized carbons (Fsp3) is 0.238. The molecule has 2 aromatic carbocycles. The SMILES string of the molecule is NC(N)=[NH+]CC[C@@H]1Cc2ccccc2[C@H]1NC(=O)C(=O)Nc1ccc(Cl)c(F)c1.O=C[O-]. The number of fused-ring (bicyclic) bond motifs is 1. The Morgan fingerprint density at radius 3 is 2.56 bits per heavy atom.